The van der Waals surface area contributed by atoms with Gasteiger partial charge in [0, 0.05) is 6.54 Å². The Bertz CT molecular complexity index is 508. The van der Waals surface area contributed by atoms with E-state index < -0.39 is 0 Å². The summed E-state index contributed by atoms with van der Waals surface area (Å²) in [6.07, 6.45) is 0.859. The lowest BCUT2D eigenvalue weighted by atomic mass is 9.96. The van der Waals surface area contributed by atoms with Crippen molar-refractivity contribution >= 4 is 5.95 Å². The third-order valence-electron chi connectivity index (χ3n) is 2.84. The molecule has 3 rings (SSSR count). The van der Waals surface area contributed by atoms with Crippen molar-refractivity contribution in [2.24, 2.45) is 0 Å². The summed E-state index contributed by atoms with van der Waals surface area (Å²) in [7, 11) is 0. The first-order chi connectivity index (χ1) is 7.83. The van der Waals surface area contributed by atoms with Gasteiger partial charge in [0.2, 0.25) is 5.89 Å². The van der Waals surface area contributed by atoms with E-state index in [0.717, 1.165) is 13.0 Å². The summed E-state index contributed by atoms with van der Waals surface area (Å²) in [4.78, 5) is 4.04. The number of nitrogens with two attached hydrogens (primary N) is 1. The molecule has 0 saturated heterocycles. The second kappa shape index (κ2) is 3.61. The average molecular weight is 216 g/mol. The Kier molecular flexibility index (Phi) is 2.11. The van der Waals surface area contributed by atoms with Gasteiger partial charge in [-0.25, -0.2) is 0 Å². The van der Waals surface area contributed by atoms with Crippen molar-refractivity contribution < 1.29 is 4.52 Å². The van der Waals surface area contributed by atoms with Gasteiger partial charge in [-0.3, -0.25) is 0 Å². The summed E-state index contributed by atoms with van der Waals surface area (Å²) in [5.41, 5.74) is 8.08. The first kappa shape index (κ1) is 9.35. The van der Waals surface area contributed by atoms with Crippen LogP contribution in [0.25, 0.3) is 0 Å². The Labute approximate surface area is 92.7 Å². The Hall–Kier alpha value is -1.88. The molecule has 3 N–H and O–H groups in total. The van der Waals surface area contributed by atoms with Crippen LogP contribution in [0.4, 0.5) is 5.95 Å². The second-order valence-electron chi connectivity index (χ2n) is 3.90. The van der Waals surface area contributed by atoms with Crippen molar-refractivity contribution in [3.63, 3.8) is 0 Å². The van der Waals surface area contributed by atoms with Gasteiger partial charge in [-0.05, 0) is 22.7 Å². The van der Waals surface area contributed by atoms with Gasteiger partial charge in [-0.1, -0.05) is 24.3 Å². The molecule has 0 radical (unpaired) electrons. The maximum Gasteiger partial charge on any atom is 0.260 e. The SMILES string of the molecule is Nc1noc(C2Cc3ccccc3CN2)n1. The maximum atomic E-state index is 5.44. The molecule has 1 aromatic heterocycles. The van der Waals surface area contributed by atoms with Gasteiger partial charge in [-0.2, -0.15) is 4.98 Å². The number of aromatic nitrogens is 2. The molecule has 0 amide bonds. The molecule has 5 nitrogen and oxygen atoms in total. The van der Waals surface area contributed by atoms with E-state index in [-0.39, 0.29) is 12.0 Å². The first-order valence-corrected chi connectivity index (χ1v) is 5.22. The molecule has 5 heteroatoms. The second-order valence-corrected chi connectivity index (χ2v) is 3.90. The Balaban J connectivity index is 1.88. The lowest BCUT2D eigenvalue weighted by Gasteiger charge is -2.23. The molecule has 1 aliphatic rings. The Morgan fingerprint density at radius 2 is 2.12 bits per heavy atom. The summed E-state index contributed by atoms with van der Waals surface area (Å²) in [5, 5.41) is 6.95. The molecule has 1 aliphatic heterocycles. The molecule has 16 heavy (non-hydrogen) atoms. The minimum absolute atomic E-state index is 0.0692. The van der Waals surface area contributed by atoms with Crippen molar-refractivity contribution in [1.82, 2.24) is 15.5 Å². The zero-order chi connectivity index (χ0) is 11.0. The molecule has 1 aromatic carbocycles. The highest BCUT2D eigenvalue weighted by atomic mass is 16.5. The molecular formula is C11H12N4O. The van der Waals surface area contributed by atoms with Gasteiger partial charge < -0.3 is 15.6 Å². The van der Waals surface area contributed by atoms with Gasteiger partial charge >= 0.3 is 0 Å². The average Bonchev–Trinajstić information content (AvgIpc) is 2.75. The van der Waals surface area contributed by atoms with Crippen LogP contribution in [0.3, 0.4) is 0 Å². The van der Waals surface area contributed by atoms with Crippen molar-refractivity contribution in [3.8, 4) is 0 Å². The molecule has 2 aromatic rings. The zero-order valence-electron chi connectivity index (χ0n) is 8.68. The summed E-state index contributed by atoms with van der Waals surface area (Å²) in [6.45, 7) is 0.823. The fourth-order valence-electron chi connectivity index (χ4n) is 2.02. The highest BCUT2D eigenvalue weighted by Gasteiger charge is 2.23. The smallest absolute Gasteiger partial charge is 0.260 e. The van der Waals surface area contributed by atoms with Crippen molar-refractivity contribution in [2.75, 3.05) is 5.73 Å². The standard InChI is InChI=1S/C11H12N4O/c12-11-14-10(16-15-11)9-5-7-3-1-2-4-8(7)6-13-9/h1-4,9,13H,5-6H2,(H2,12,15). The fourth-order valence-corrected chi connectivity index (χ4v) is 2.02. The van der Waals surface area contributed by atoms with Crippen LogP contribution in [0.15, 0.2) is 28.8 Å². The number of hydrogen-bond acceptors (Lipinski definition) is 5. The van der Waals surface area contributed by atoms with E-state index in [1.54, 1.807) is 0 Å². The summed E-state index contributed by atoms with van der Waals surface area (Å²) >= 11 is 0. The highest BCUT2D eigenvalue weighted by molar-refractivity contribution is 5.30. The summed E-state index contributed by atoms with van der Waals surface area (Å²) in [6, 6.07) is 8.41. The predicted octanol–water partition coefficient (Wildman–Crippen LogP) is 1.04. The highest BCUT2D eigenvalue weighted by Crippen LogP contribution is 2.24. The predicted molar refractivity (Wildman–Crippen MR) is 58.4 cm³/mol. The minimum Gasteiger partial charge on any atom is -0.365 e. The van der Waals surface area contributed by atoms with E-state index in [9.17, 15) is 0 Å². The number of benzene rings is 1. The van der Waals surface area contributed by atoms with Crippen LogP contribution < -0.4 is 11.1 Å². The Morgan fingerprint density at radius 3 is 2.88 bits per heavy atom. The summed E-state index contributed by atoms with van der Waals surface area (Å²) < 4.78 is 5.07. The first-order valence-electron chi connectivity index (χ1n) is 5.22. The number of nitrogens with zero attached hydrogens (tertiary/aromatic N) is 2. The Morgan fingerprint density at radius 1 is 1.31 bits per heavy atom. The minimum atomic E-state index is 0.0692. The van der Waals surface area contributed by atoms with Crippen LogP contribution in [-0.4, -0.2) is 10.1 Å². The topological polar surface area (TPSA) is 77.0 Å². The maximum absolute atomic E-state index is 5.44. The van der Waals surface area contributed by atoms with E-state index in [0.29, 0.717) is 5.89 Å². The van der Waals surface area contributed by atoms with E-state index >= 15 is 0 Å². The molecule has 0 fully saturated rings. The number of nitrogen functional groups attached to an aromatic ring is 1. The van der Waals surface area contributed by atoms with E-state index in [1.165, 1.54) is 11.1 Å². The van der Waals surface area contributed by atoms with Gasteiger partial charge in [-0.15, -0.1) is 0 Å². The van der Waals surface area contributed by atoms with Crippen LogP contribution in [0.5, 0.6) is 0 Å². The number of nitrogens with one attached hydrogen (secondary N) is 1. The lowest BCUT2D eigenvalue weighted by molar-refractivity contribution is 0.321. The van der Waals surface area contributed by atoms with Crippen LogP contribution in [0, 0.1) is 0 Å². The van der Waals surface area contributed by atoms with Gasteiger partial charge in [0.15, 0.2) is 0 Å². The molecule has 2 heterocycles. The quantitative estimate of drug-likeness (QED) is 0.744. The number of fused-ring (bicyclic) bond motifs is 1. The monoisotopic (exact) mass is 216 g/mol. The summed E-state index contributed by atoms with van der Waals surface area (Å²) in [5.74, 6) is 0.752. The third-order valence-corrected chi connectivity index (χ3v) is 2.84. The van der Waals surface area contributed by atoms with E-state index in [4.69, 9.17) is 10.3 Å². The van der Waals surface area contributed by atoms with E-state index in [1.807, 2.05) is 12.1 Å². The van der Waals surface area contributed by atoms with Crippen LogP contribution in [0.1, 0.15) is 23.1 Å². The normalized spacial score (nSPS) is 19.4. The van der Waals surface area contributed by atoms with Gasteiger partial charge in [0.05, 0.1) is 6.04 Å². The van der Waals surface area contributed by atoms with Crippen LogP contribution in [0.2, 0.25) is 0 Å². The third kappa shape index (κ3) is 1.55. The zero-order valence-corrected chi connectivity index (χ0v) is 8.68. The molecule has 0 spiro atoms. The lowest BCUT2D eigenvalue weighted by Crippen LogP contribution is -2.28. The van der Waals surface area contributed by atoms with Gasteiger partial charge in [0.1, 0.15) is 0 Å². The molecule has 1 unspecified atom stereocenters. The number of rotatable bonds is 1. The largest absolute Gasteiger partial charge is 0.365 e. The van der Waals surface area contributed by atoms with Crippen LogP contribution >= 0.6 is 0 Å². The number of hydrogen-bond donors (Lipinski definition) is 2. The molecular weight excluding hydrogens is 204 g/mol. The van der Waals surface area contributed by atoms with Crippen molar-refractivity contribution in [1.29, 1.82) is 0 Å². The molecule has 0 bridgehead atoms. The van der Waals surface area contributed by atoms with Gasteiger partial charge in [0.25, 0.3) is 5.95 Å². The van der Waals surface area contributed by atoms with Crippen molar-refractivity contribution in [3.05, 3.63) is 41.3 Å². The van der Waals surface area contributed by atoms with E-state index in [2.05, 4.69) is 27.6 Å². The molecule has 1 atom stereocenters. The number of anilines is 1. The molecule has 0 saturated carbocycles. The fraction of sp³-hybridized carbons (Fsp3) is 0.273. The van der Waals surface area contributed by atoms with Crippen LogP contribution in [-0.2, 0) is 13.0 Å². The molecule has 82 valence electrons. The van der Waals surface area contributed by atoms with Crippen molar-refractivity contribution in [2.45, 2.75) is 19.0 Å². The molecule has 0 aliphatic carbocycles.